The first-order valence-corrected chi connectivity index (χ1v) is 4.69. The van der Waals surface area contributed by atoms with Crippen molar-refractivity contribution in [1.29, 1.82) is 0 Å². The Morgan fingerprint density at radius 3 is 2.73 bits per heavy atom. The monoisotopic (exact) mass is 202 g/mol. The van der Waals surface area contributed by atoms with Crippen molar-refractivity contribution in [3.8, 4) is 11.1 Å². The molecule has 0 saturated heterocycles. The predicted octanol–water partition coefficient (Wildman–Crippen LogP) is 2.35. The SMILES string of the molecule is NCc1cc(F)cc(-c2cccnc2)c1. The molecule has 2 rings (SSSR count). The van der Waals surface area contributed by atoms with Gasteiger partial charge in [-0.3, -0.25) is 4.98 Å². The van der Waals surface area contributed by atoms with Crippen molar-refractivity contribution in [2.75, 3.05) is 0 Å². The Labute approximate surface area is 87.6 Å². The van der Waals surface area contributed by atoms with Crippen LogP contribution in [0.5, 0.6) is 0 Å². The van der Waals surface area contributed by atoms with Crippen LogP contribution in [0.4, 0.5) is 4.39 Å². The van der Waals surface area contributed by atoms with Gasteiger partial charge in [0.2, 0.25) is 0 Å². The highest BCUT2D eigenvalue weighted by molar-refractivity contribution is 5.63. The number of halogens is 1. The number of nitrogens with zero attached hydrogens (tertiary/aromatic N) is 1. The Morgan fingerprint density at radius 1 is 1.20 bits per heavy atom. The van der Waals surface area contributed by atoms with Gasteiger partial charge >= 0.3 is 0 Å². The molecule has 0 amide bonds. The van der Waals surface area contributed by atoms with Gasteiger partial charge in [0.25, 0.3) is 0 Å². The Hall–Kier alpha value is -1.74. The average molecular weight is 202 g/mol. The van der Waals surface area contributed by atoms with E-state index in [0.29, 0.717) is 6.54 Å². The van der Waals surface area contributed by atoms with Gasteiger partial charge in [-0.15, -0.1) is 0 Å². The van der Waals surface area contributed by atoms with E-state index in [9.17, 15) is 4.39 Å². The largest absolute Gasteiger partial charge is 0.326 e. The van der Waals surface area contributed by atoms with Crippen LogP contribution in [-0.2, 0) is 6.54 Å². The van der Waals surface area contributed by atoms with Gasteiger partial charge in [0.15, 0.2) is 0 Å². The summed E-state index contributed by atoms with van der Waals surface area (Å²) in [5.74, 6) is -0.267. The highest BCUT2D eigenvalue weighted by Crippen LogP contribution is 2.20. The van der Waals surface area contributed by atoms with E-state index in [2.05, 4.69) is 4.98 Å². The zero-order valence-electron chi connectivity index (χ0n) is 8.15. The molecule has 0 bridgehead atoms. The first-order valence-electron chi connectivity index (χ1n) is 4.69. The Bertz CT molecular complexity index is 454. The first-order chi connectivity index (χ1) is 7.29. The molecule has 0 spiro atoms. The van der Waals surface area contributed by atoms with Gasteiger partial charge in [-0.25, -0.2) is 4.39 Å². The molecule has 0 aliphatic heterocycles. The number of benzene rings is 1. The number of hydrogen-bond acceptors (Lipinski definition) is 2. The molecule has 0 aliphatic rings. The average Bonchev–Trinajstić information content (AvgIpc) is 2.29. The lowest BCUT2D eigenvalue weighted by Gasteiger charge is -2.04. The molecule has 0 radical (unpaired) electrons. The maximum absolute atomic E-state index is 13.2. The summed E-state index contributed by atoms with van der Waals surface area (Å²) in [6.45, 7) is 0.338. The Morgan fingerprint density at radius 2 is 2.07 bits per heavy atom. The fraction of sp³-hybridized carbons (Fsp3) is 0.0833. The first kappa shape index (κ1) is 9.80. The summed E-state index contributed by atoms with van der Waals surface area (Å²) in [4.78, 5) is 3.99. The molecule has 0 fully saturated rings. The quantitative estimate of drug-likeness (QED) is 0.811. The van der Waals surface area contributed by atoms with Crippen molar-refractivity contribution in [1.82, 2.24) is 4.98 Å². The highest BCUT2D eigenvalue weighted by atomic mass is 19.1. The topological polar surface area (TPSA) is 38.9 Å². The lowest BCUT2D eigenvalue weighted by Crippen LogP contribution is -1.97. The van der Waals surface area contributed by atoms with Crippen molar-refractivity contribution in [2.24, 2.45) is 5.73 Å². The maximum Gasteiger partial charge on any atom is 0.124 e. The molecule has 0 unspecified atom stereocenters. The van der Waals surface area contributed by atoms with Gasteiger partial charge in [-0.2, -0.15) is 0 Å². The van der Waals surface area contributed by atoms with E-state index in [1.165, 1.54) is 12.1 Å². The molecule has 0 saturated carbocycles. The third-order valence-electron chi connectivity index (χ3n) is 2.19. The van der Waals surface area contributed by atoms with E-state index in [0.717, 1.165) is 16.7 Å². The molecule has 0 atom stereocenters. The molecular weight excluding hydrogens is 191 g/mol. The summed E-state index contributed by atoms with van der Waals surface area (Å²) in [6.07, 6.45) is 3.39. The second kappa shape index (κ2) is 4.19. The van der Waals surface area contributed by atoms with E-state index in [1.54, 1.807) is 12.4 Å². The molecule has 2 N–H and O–H groups in total. The van der Waals surface area contributed by atoms with Gasteiger partial charge in [0.05, 0.1) is 0 Å². The van der Waals surface area contributed by atoms with Crippen LogP contribution < -0.4 is 5.73 Å². The van der Waals surface area contributed by atoms with Crippen LogP contribution in [0.2, 0.25) is 0 Å². The summed E-state index contributed by atoms with van der Waals surface area (Å²) in [5.41, 5.74) is 7.97. The molecule has 3 heteroatoms. The number of rotatable bonds is 2. The van der Waals surface area contributed by atoms with E-state index in [1.807, 2.05) is 18.2 Å². The fourth-order valence-corrected chi connectivity index (χ4v) is 1.47. The van der Waals surface area contributed by atoms with E-state index < -0.39 is 0 Å². The number of hydrogen-bond donors (Lipinski definition) is 1. The standard InChI is InChI=1S/C12H11FN2/c13-12-5-9(7-14)4-11(6-12)10-2-1-3-15-8-10/h1-6,8H,7,14H2. The molecule has 1 aromatic carbocycles. The normalized spacial score (nSPS) is 10.3. The van der Waals surface area contributed by atoms with E-state index >= 15 is 0 Å². The summed E-state index contributed by atoms with van der Waals surface area (Å²) in [5, 5.41) is 0. The smallest absolute Gasteiger partial charge is 0.124 e. The minimum absolute atomic E-state index is 0.267. The third-order valence-corrected chi connectivity index (χ3v) is 2.19. The minimum Gasteiger partial charge on any atom is -0.326 e. The molecule has 76 valence electrons. The summed E-state index contributed by atoms with van der Waals surface area (Å²) in [6, 6.07) is 8.51. The number of pyridine rings is 1. The van der Waals surface area contributed by atoms with Gasteiger partial charge in [0, 0.05) is 24.5 Å². The fourth-order valence-electron chi connectivity index (χ4n) is 1.47. The second-order valence-electron chi connectivity index (χ2n) is 3.29. The summed E-state index contributed by atoms with van der Waals surface area (Å²) in [7, 11) is 0. The zero-order chi connectivity index (χ0) is 10.7. The highest BCUT2D eigenvalue weighted by Gasteiger charge is 2.01. The molecule has 1 heterocycles. The zero-order valence-corrected chi connectivity index (χ0v) is 8.15. The van der Waals surface area contributed by atoms with Crippen LogP contribution in [0, 0.1) is 5.82 Å². The number of nitrogens with two attached hydrogens (primary N) is 1. The van der Waals surface area contributed by atoms with Gasteiger partial charge < -0.3 is 5.73 Å². The second-order valence-corrected chi connectivity index (χ2v) is 3.29. The summed E-state index contributed by atoms with van der Waals surface area (Å²) >= 11 is 0. The molecule has 0 aliphatic carbocycles. The maximum atomic E-state index is 13.2. The van der Waals surface area contributed by atoms with Crippen molar-refractivity contribution in [3.05, 3.63) is 54.1 Å². The molecule has 2 nitrogen and oxygen atoms in total. The van der Waals surface area contributed by atoms with Gasteiger partial charge in [0.1, 0.15) is 5.82 Å². The number of aromatic nitrogens is 1. The molecule has 15 heavy (non-hydrogen) atoms. The summed E-state index contributed by atoms with van der Waals surface area (Å²) < 4.78 is 13.2. The minimum atomic E-state index is -0.267. The van der Waals surface area contributed by atoms with E-state index in [4.69, 9.17) is 5.73 Å². The molecule has 2 aromatic rings. The van der Waals surface area contributed by atoms with Crippen LogP contribution in [-0.4, -0.2) is 4.98 Å². The van der Waals surface area contributed by atoms with Crippen LogP contribution in [0.1, 0.15) is 5.56 Å². The van der Waals surface area contributed by atoms with Crippen LogP contribution in [0.15, 0.2) is 42.7 Å². The van der Waals surface area contributed by atoms with Crippen molar-refractivity contribution >= 4 is 0 Å². The van der Waals surface area contributed by atoms with Gasteiger partial charge in [-0.05, 0) is 35.4 Å². The van der Waals surface area contributed by atoms with Crippen LogP contribution in [0.25, 0.3) is 11.1 Å². The third kappa shape index (κ3) is 2.19. The van der Waals surface area contributed by atoms with Crippen LogP contribution >= 0.6 is 0 Å². The lowest BCUT2D eigenvalue weighted by molar-refractivity contribution is 0.626. The lowest BCUT2D eigenvalue weighted by atomic mass is 10.0. The van der Waals surface area contributed by atoms with Gasteiger partial charge in [-0.1, -0.05) is 6.07 Å². The Kier molecular flexibility index (Phi) is 2.74. The predicted molar refractivity (Wildman–Crippen MR) is 57.5 cm³/mol. The van der Waals surface area contributed by atoms with Crippen LogP contribution in [0.3, 0.4) is 0 Å². The Balaban J connectivity index is 2.49. The molecular formula is C12H11FN2. The van der Waals surface area contributed by atoms with Crippen molar-refractivity contribution < 1.29 is 4.39 Å². The van der Waals surface area contributed by atoms with Crippen molar-refractivity contribution in [3.63, 3.8) is 0 Å². The molecule has 1 aromatic heterocycles. The van der Waals surface area contributed by atoms with E-state index in [-0.39, 0.29) is 5.82 Å². The van der Waals surface area contributed by atoms with Crippen molar-refractivity contribution in [2.45, 2.75) is 6.54 Å².